The largest absolute Gasteiger partial charge is 0.462 e. The van der Waals surface area contributed by atoms with E-state index < -0.39 is 6.10 Å². The molecule has 6 heteroatoms. The van der Waals surface area contributed by atoms with Gasteiger partial charge in [-0.05, 0) is 103 Å². The van der Waals surface area contributed by atoms with E-state index in [2.05, 4.69) is 118 Å². The van der Waals surface area contributed by atoms with Crippen molar-refractivity contribution in [3.63, 3.8) is 0 Å². The number of ether oxygens (including phenoxy) is 3. The van der Waals surface area contributed by atoms with Crippen LogP contribution in [-0.4, -0.2) is 37.2 Å². The average molecular weight is 1060 g/mol. The molecule has 0 aromatic carbocycles. The Labute approximate surface area is 470 Å². The standard InChI is InChI=1S/C70H120O6/c1-4-7-10-13-16-18-20-22-24-26-28-30-32-34-35-37-38-40-42-44-46-48-50-52-54-57-60-63-69(72)75-66-67(65-74-68(71)62-59-56-15-12-9-6-3)76-70(73)64-61-58-55-53-51-49-47-45-43-41-39-36-33-31-29-27-25-23-21-19-17-14-11-8-5-2/h8,11,17,19-20,22-23,25-26,28-29,31-32,34,36,39,67H,4-7,9-10,12-16,18,21,24,27,30,33,35,37-38,40-66H2,1-3H3/b11-8-,19-17-,22-20-,25-23-,28-26-,31-29-,34-32-,39-36-. The fourth-order valence-electron chi connectivity index (χ4n) is 9.01. The fraction of sp³-hybridized carbons (Fsp3) is 0.729. The Morgan fingerprint density at radius 2 is 0.513 bits per heavy atom. The summed E-state index contributed by atoms with van der Waals surface area (Å²) in [6.45, 7) is 6.47. The van der Waals surface area contributed by atoms with Gasteiger partial charge >= 0.3 is 17.9 Å². The van der Waals surface area contributed by atoms with E-state index in [0.717, 1.165) is 109 Å². The third-order valence-electron chi connectivity index (χ3n) is 13.8. The maximum Gasteiger partial charge on any atom is 0.306 e. The molecule has 0 saturated carbocycles. The molecule has 76 heavy (non-hydrogen) atoms. The van der Waals surface area contributed by atoms with Crippen molar-refractivity contribution in [1.29, 1.82) is 0 Å². The number of carbonyl (C=O) groups is 3. The Kier molecular flexibility index (Phi) is 60.8. The van der Waals surface area contributed by atoms with Gasteiger partial charge in [-0.15, -0.1) is 0 Å². The summed E-state index contributed by atoms with van der Waals surface area (Å²) in [4.78, 5) is 38.0. The van der Waals surface area contributed by atoms with Crippen LogP contribution in [0, 0.1) is 0 Å². The molecule has 0 aliphatic heterocycles. The predicted molar refractivity (Wildman–Crippen MR) is 330 cm³/mol. The quantitative estimate of drug-likeness (QED) is 0.0261. The van der Waals surface area contributed by atoms with Gasteiger partial charge in [-0.2, -0.15) is 0 Å². The summed E-state index contributed by atoms with van der Waals surface area (Å²) in [6.07, 6.45) is 85.9. The first-order valence-corrected chi connectivity index (χ1v) is 32.2. The van der Waals surface area contributed by atoms with E-state index in [4.69, 9.17) is 14.2 Å². The van der Waals surface area contributed by atoms with Crippen LogP contribution in [-0.2, 0) is 28.6 Å². The second-order valence-corrected chi connectivity index (χ2v) is 21.3. The molecule has 0 radical (unpaired) electrons. The molecule has 0 fully saturated rings. The van der Waals surface area contributed by atoms with Crippen molar-refractivity contribution < 1.29 is 28.6 Å². The third-order valence-corrected chi connectivity index (χ3v) is 13.8. The van der Waals surface area contributed by atoms with Gasteiger partial charge in [-0.1, -0.05) is 285 Å². The monoisotopic (exact) mass is 1060 g/mol. The molecule has 0 aliphatic rings. The first-order valence-electron chi connectivity index (χ1n) is 32.2. The molecule has 0 amide bonds. The zero-order valence-electron chi connectivity index (χ0n) is 50.0. The number of unbranched alkanes of at least 4 members (excludes halogenated alkanes) is 31. The number of allylic oxidation sites excluding steroid dienone is 16. The van der Waals surface area contributed by atoms with E-state index in [1.165, 1.54) is 161 Å². The second kappa shape index (κ2) is 63.9. The van der Waals surface area contributed by atoms with E-state index in [1.807, 2.05) is 0 Å². The Morgan fingerprint density at radius 1 is 0.276 bits per heavy atom. The fourth-order valence-corrected chi connectivity index (χ4v) is 9.01. The van der Waals surface area contributed by atoms with Crippen molar-refractivity contribution in [2.75, 3.05) is 13.2 Å². The van der Waals surface area contributed by atoms with Crippen LogP contribution < -0.4 is 0 Å². The molecule has 436 valence electrons. The maximum atomic E-state index is 12.9. The lowest BCUT2D eigenvalue weighted by atomic mass is 10.0. The minimum Gasteiger partial charge on any atom is -0.462 e. The Morgan fingerprint density at radius 3 is 0.803 bits per heavy atom. The minimum atomic E-state index is -0.780. The van der Waals surface area contributed by atoms with Crippen molar-refractivity contribution in [2.45, 2.75) is 316 Å². The van der Waals surface area contributed by atoms with Crippen molar-refractivity contribution in [3.05, 3.63) is 97.2 Å². The van der Waals surface area contributed by atoms with Gasteiger partial charge in [0.15, 0.2) is 6.10 Å². The molecule has 0 N–H and O–H groups in total. The van der Waals surface area contributed by atoms with Gasteiger partial charge in [0, 0.05) is 19.3 Å². The van der Waals surface area contributed by atoms with Crippen LogP contribution in [0.1, 0.15) is 310 Å². The first-order chi connectivity index (χ1) is 37.5. The SMILES string of the molecule is CC/C=C\C/C=C\C/C=C\C/C=C\C/C=C\CCCCCCCCCCCC(=O)OC(COC(=O)CCCCCCCC)COC(=O)CCCCCCCCCCCCCC/C=C\C/C=C\C/C=C\CCCCCCC. The topological polar surface area (TPSA) is 78.9 Å². The average Bonchev–Trinajstić information content (AvgIpc) is 3.42. The molecule has 0 saturated heterocycles. The predicted octanol–water partition coefficient (Wildman–Crippen LogP) is 22.0. The van der Waals surface area contributed by atoms with Crippen LogP contribution in [0.15, 0.2) is 97.2 Å². The lowest BCUT2D eigenvalue weighted by Crippen LogP contribution is -2.30. The highest BCUT2D eigenvalue weighted by molar-refractivity contribution is 5.71. The Bertz CT molecular complexity index is 1490. The van der Waals surface area contributed by atoms with Crippen LogP contribution in [0.25, 0.3) is 0 Å². The maximum absolute atomic E-state index is 12.9. The first kappa shape index (κ1) is 72.3. The number of hydrogen-bond donors (Lipinski definition) is 0. The van der Waals surface area contributed by atoms with E-state index in [-0.39, 0.29) is 31.1 Å². The molecular formula is C70H120O6. The molecule has 0 rings (SSSR count). The molecule has 0 aliphatic carbocycles. The van der Waals surface area contributed by atoms with Gasteiger partial charge in [0.2, 0.25) is 0 Å². The molecule has 0 spiro atoms. The highest BCUT2D eigenvalue weighted by atomic mass is 16.6. The van der Waals surface area contributed by atoms with E-state index >= 15 is 0 Å². The normalized spacial score (nSPS) is 12.7. The van der Waals surface area contributed by atoms with E-state index in [1.54, 1.807) is 0 Å². The number of carbonyl (C=O) groups excluding carboxylic acids is 3. The van der Waals surface area contributed by atoms with Crippen molar-refractivity contribution in [2.24, 2.45) is 0 Å². The smallest absolute Gasteiger partial charge is 0.306 e. The van der Waals surface area contributed by atoms with Gasteiger partial charge < -0.3 is 14.2 Å². The van der Waals surface area contributed by atoms with Crippen LogP contribution in [0.3, 0.4) is 0 Å². The highest BCUT2D eigenvalue weighted by Gasteiger charge is 2.19. The molecule has 0 bridgehead atoms. The van der Waals surface area contributed by atoms with Crippen LogP contribution in [0.5, 0.6) is 0 Å². The summed E-state index contributed by atoms with van der Waals surface area (Å²) >= 11 is 0. The summed E-state index contributed by atoms with van der Waals surface area (Å²) in [5.41, 5.74) is 0. The number of hydrogen-bond acceptors (Lipinski definition) is 6. The minimum absolute atomic E-state index is 0.0795. The lowest BCUT2D eigenvalue weighted by Gasteiger charge is -2.18. The van der Waals surface area contributed by atoms with Crippen molar-refractivity contribution >= 4 is 17.9 Å². The highest BCUT2D eigenvalue weighted by Crippen LogP contribution is 2.16. The summed E-state index contributed by atoms with van der Waals surface area (Å²) in [5, 5.41) is 0. The zero-order valence-corrected chi connectivity index (χ0v) is 50.0. The summed E-state index contributed by atoms with van der Waals surface area (Å²) in [6, 6.07) is 0. The Balaban J connectivity index is 4.11. The lowest BCUT2D eigenvalue weighted by molar-refractivity contribution is -0.167. The summed E-state index contributed by atoms with van der Waals surface area (Å²) < 4.78 is 16.8. The molecule has 1 atom stereocenters. The van der Waals surface area contributed by atoms with E-state index in [0.29, 0.717) is 19.3 Å². The Hall–Kier alpha value is -3.67. The zero-order chi connectivity index (χ0) is 55.0. The molecular weight excluding hydrogens is 937 g/mol. The van der Waals surface area contributed by atoms with Crippen LogP contribution in [0.4, 0.5) is 0 Å². The molecule has 0 aromatic rings. The molecule has 6 nitrogen and oxygen atoms in total. The molecule has 0 heterocycles. The van der Waals surface area contributed by atoms with Crippen molar-refractivity contribution in [1.82, 2.24) is 0 Å². The van der Waals surface area contributed by atoms with Crippen molar-refractivity contribution in [3.8, 4) is 0 Å². The summed E-state index contributed by atoms with van der Waals surface area (Å²) in [5.74, 6) is -0.889. The summed E-state index contributed by atoms with van der Waals surface area (Å²) in [7, 11) is 0. The number of esters is 3. The van der Waals surface area contributed by atoms with Gasteiger partial charge in [-0.3, -0.25) is 14.4 Å². The van der Waals surface area contributed by atoms with Gasteiger partial charge in [-0.25, -0.2) is 0 Å². The molecule has 0 aromatic heterocycles. The second-order valence-electron chi connectivity index (χ2n) is 21.3. The van der Waals surface area contributed by atoms with Gasteiger partial charge in [0.1, 0.15) is 13.2 Å². The van der Waals surface area contributed by atoms with Gasteiger partial charge in [0.05, 0.1) is 0 Å². The van der Waals surface area contributed by atoms with Crippen LogP contribution >= 0.6 is 0 Å². The van der Waals surface area contributed by atoms with Gasteiger partial charge in [0.25, 0.3) is 0 Å². The number of rotatable bonds is 58. The molecule has 1 unspecified atom stereocenters. The van der Waals surface area contributed by atoms with E-state index in [9.17, 15) is 14.4 Å². The van der Waals surface area contributed by atoms with Crippen LogP contribution in [0.2, 0.25) is 0 Å². The third kappa shape index (κ3) is 61.2.